The van der Waals surface area contributed by atoms with Gasteiger partial charge >= 0.3 is 6.09 Å². The van der Waals surface area contributed by atoms with Gasteiger partial charge in [0.1, 0.15) is 67.0 Å². The highest BCUT2D eigenvalue weighted by molar-refractivity contribution is 7.99. The van der Waals surface area contributed by atoms with E-state index in [9.17, 15) is 4.79 Å². The van der Waals surface area contributed by atoms with E-state index in [1.54, 1.807) is 23.9 Å². The van der Waals surface area contributed by atoms with E-state index in [0.717, 1.165) is 83.1 Å². The molecule has 0 radical (unpaired) electrons. The van der Waals surface area contributed by atoms with Crippen molar-refractivity contribution in [2.24, 2.45) is 5.92 Å². The number of imide groups is 1. The number of carbonyl (C=O) groups is 2. The molecule has 0 bridgehead atoms. The van der Waals surface area contributed by atoms with E-state index in [2.05, 4.69) is 103 Å². The van der Waals surface area contributed by atoms with Crippen LogP contribution in [0.2, 0.25) is 36.3 Å². The van der Waals surface area contributed by atoms with E-state index < -0.39 is 114 Å². The SMILES string of the molecule is CC(C)(C)[Si](C)(C)Oc1cccc(-c2ccc([C@@H](Nc3ccccc3)[C@@H](CC[C@H](O[Si](C)(C)C(C)(C)C)c3ccc(F)cc3)C(=O)N3C(=O)OC[C@@H]3Cc3ccccc3)c(SC[C@@H]3OC(COCc4ccccc4)[C@@H](O[C@@H]4OC(COCc5ccccc5)[C@@H](OCc5ccccc5)[C@@H](OCc5ccccc5)C4OCc4ccccc4)[C@@H](OCc4ccccc4)C3OCc3ccccc3)c2)c1. The summed E-state index contributed by atoms with van der Waals surface area (Å²) in [6.45, 7) is 23.6. The summed E-state index contributed by atoms with van der Waals surface area (Å²) in [7, 11) is -5.02. The first-order valence-corrected chi connectivity index (χ1v) is 54.0. The van der Waals surface area contributed by atoms with Crippen LogP contribution in [0.25, 0.3) is 11.1 Å². The van der Waals surface area contributed by atoms with Gasteiger partial charge in [-0.3, -0.25) is 4.79 Å². The second-order valence-corrected chi connectivity index (χ2v) is 48.9. The molecule has 3 aliphatic heterocycles. The van der Waals surface area contributed by atoms with Crippen LogP contribution in [-0.2, 0) is 114 Å². The van der Waals surface area contributed by atoms with Crippen molar-refractivity contribution in [3.8, 4) is 16.9 Å². The molecule has 3 aliphatic rings. The highest BCUT2D eigenvalue weighted by atomic mass is 32.2. The van der Waals surface area contributed by atoms with Crippen LogP contribution in [0.3, 0.4) is 0 Å². The van der Waals surface area contributed by atoms with E-state index >= 15 is 9.18 Å². The van der Waals surface area contributed by atoms with Gasteiger partial charge in [-0.25, -0.2) is 14.1 Å². The molecule has 0 aromatic heterocycles. The summed E-state index contributed by atoms with van der Waals surface area (Å²) in [6.07, 6.45) is -10.1. The number of nitrogens with zero attached hydrogens (tertiary/aromatic N) is 1. The molecule has 12 aromatic rings. The fourth-order valence-electron chi connectivity index (χ4n) is 17.0. The number of para-hydroxylation sites is 1. The van der Waals surface area contributed by atoms with Gasteiger partial charge in [-0.2, -0.15) is 0 Å². The average Bonchev–Trinajstić information content (AvgIpc) is 1.63. The van der Waals surface area contributed by atoms with Crippen molar-refractivity contribution in [2.45, 2.75) is 228 Å². The minimum atomic E-state index is -2.64. The fourth-order valence-corrected chi connectivity index (χ4v) is 20.5. The summed E-state index contributed by atoms with van der Waals surface area (Å²) in [5, 5.41) is 3.65. The molecule has 12 aromatic carbocycles. The predicted octanol–water partition coefficient (Wildman–Crippen LogP) is 25.1. The Bertz CT molecular complexity index is 5610. The lowest BCUT2D eigenvalue weighted by atomic mass is 9.85. The number of hydrogen-bond donors (Lipinski definition) is 1. The van der Waals surface area contributed by atoms with Crippen molar-refractivity contribution in [3.63, 3.8) is 0 Å². The smallest absolute Gasteiger partial charge is 0.416 e. The molecule has 0 aliphatic carbocycles. The minimum Gasteiger partial charge on any atom is -0.543 e. The molecule has 14 atom stereocenters. The maximum absolute atomic E-state index is 17.1. The van der Waals surface area contributed by atoms with Gasteiger partial charge in [-0.1, -0.05) is 339 Å². The molecule has 0 saturated carbocycles. The molecule has 3 saturated heterocycles. The zero-order chi connectivity index (χ0) is 94.2. The van der Waals surface area contributed by atoms with Crippen LogP contribution in [-0.4, -0.2) is 126 Å². The molecule has 1 N–H and O–H groups in total. The Morgan fingerprint density at radius 2 is 0.867 bits per heavy atom. The molecule has 17 nitrogen and oxygen atoms in total. The first-order chi connectivity index (χ1) is 65.4. The summed E-state index contributed by atoms with van der Waals surface area (Å²) in [4.78, 5) is 34.2. The number of rotatable bonds is 44. The number of halogens is 1. The molecular weight excluding hydrogens is 1740 g/mol. The first kappa shape index (κ1) is 98.9. The molecule has 4 unspecified atom stereocenters. The molecular formula is C114H129FN2O15SSi2. The number of ether oxygens (including phenoxy) is 11. The monoisotopic (exact) mass is 1870 g/mol. The Hall–Kier alpha value is -10.5. The van der Waals surface area contributed by atoms with Crippen LogP contribution in [0.1, 0.15) is 122 Å². The van der Waals surface area contributed by atoms with Crippen LogP contribution in [0.15, 0.2) is 345 Å². The number of benzene rings is 12. The molecule has 3 fully saturated rings. The van der Waals surface area contributed by atoms with Gasteiger partial charge in [0.05, 0.1) is 89.7 Å². The number of anilines is 1. The zero-order valence-electron chi connectivity index (χ0n) is 79.2. The molecule has 2 amide bonds. The molecule has 706 valence electrons. The van der Waals surface area contributed by atoms with Gasteiger partial charge in [0.15, 0.2) is 14.6 Å². The second-order valence-electron chi connectivity index (χ2n) is 38.3. The topological polar surface area (TPSA) is 169 Å². The normalized spacial score (nSPS) is 20.6. The Morgan fingerprint density at radius 1 is 0.444 bits per heavy atom. The third-order valence-corrected chi connectivity index (χ3v) is 36.5. The zero-order valence-corrected chi connectivity index (χ0v) is 82.0. The van der Waals surface area contributed by atoms with Crippen molar-refractivity contribution in [3.05, 3.63) is 401 Å². The Morgan fingerprint density at radius 3 is 1.35 bits per heavy atom. The number of carbonyl (C=O) groups excluding carboxylic acids is 2. The van der Waals surface area contributed by atoms with Crippen LogP contribution < -0.4 is 9.74 Å². The Balaban J connectivity index is 0.894. The Kier molecular flexibility index (Phi) is 34.8. The predicted molar refractivity (Wildman–Crippen MR) is 535 cm³/mol. The van der Waals surface area contributed by atoms with E-state index in [1.807, 2.05) is 285 Å². The second kappa shape index (κ2) is 47.5. The standard InChI is InChI=1S/C114H129FN2O15SSi2/c1-113(2,3)134(7,8)131-95-58-38-55-90(68-95)91-61-64-96(103(116-93-56-36-19-37-57-93)97(110(118)117-94(77-127-112(117)119)67-81-39-20-11-21-40-81)65-66-98(89-59-62-92(115)63-60-89)132-135(9,10)114(4,5)6)102(69-91)133-80-101-105(123-73-85-47-28-15-29-48-85)107(124-74-86-49-30-16-31-50-86)106(100(128-101)79-121-71-83-43-24-13-25-44-83)130-111-109(126-76-88-53-34-18-35-54-88)108(125-75-87-51-32-17-33-52-87)104(122-72-84-45-26-14-27-46-84)99(129-111)78-120-70-82-41-22-12-23-42-82/h11-64,68-69,94,97-101,103-109,111,116H,65-67,70-80H2,1-10H3/t94-,97+,98-,99?,100?,101-,103+,104+,105?,106+,107-,108+,109?,111-/m0/s1. The maximum Gasteiger partial charge on any atom is 0.416 e. The minimum absolute atomic E-state index is 0.00588. The van der Waals surface area contributed by atoms with E-state index in [1.165, 1.54) is 17.0 Å². The number of nitrogens with one attached hydrogen (secondary N) is 1. The van der Waals surface area contributed by atoms with Gasteiger partial charge < -0.3 is 66.3 Å². The van der Waals surface area contributed by atoms with Crippen molar-refractivity contribution < 1.29 is 74.9 Å². The van der Waals surface area contributed by atoms with Gasteiger partial charge in [0.25, 0.3) is 0 Å². The number of thioether (sulfide) groups is 1. The molecule has 15 rings (SSSR count). The summed E-state index contributed by atoms with van der Waals surface area (Å²) >= 11 is 1.57. The van der Waals surface area contributed by atoms with E-state index in [-0.39, 0.29) is 94.1 Å². The lowest BCUT2D eigenvalue weighted by Gasteiger charge is -2.50. The largest absolute Gasteiger partial charge is 0.543 e. The molecule has 3 heterocycles. The van der Waals surface area contributed by atoms with Gasteiger partial charge in [0, 0.05) is 16.3 Å². The van der Waals surface area contributed by atoms with Crippen molar-refractivity contribution >= 4 is 46.1 Å². The molecule has 135 heavy (non-hydrogen) atoms. The Labute approximate surface area is 803 Å². The molecule has 0 spiro atoms. The summed E-state index contributed by atoms with van der Waals surface area (Å²) in [5.41, 5.74) is 11.5. The fraction of sp³-hybridized carbons (Fsp3) is 0.351. The number of hydrogen-bond acceptors (Lipinski definition) is 17. The van der Waals surface area contributed by atoms with Crippen LogP contribution in [0.5, 0.6) is 5.75 Å². The van der Waals surface area contributed by atoms with Crippen molar-refractivity contribution in [1.29, 1.82) is 0 Å². The first-order valence-electron chi connectivity index (χ1n) is 47.2. The number of amides is 2. The lowest BCUT2D eigenvalue weighted by molar-refractivity contribution is -0.362. The summed E-state index contributed by atoms with van der Waals surface area (Å²) in [6, 6.07) is 110. The van der Waals surface area contributed by atoms with E-state index in [0.29, 0.717) is 12.8 Å². The maximum atomic E-state index is 17.1. The number of cyclic esters (lactones) is 1. The van der Waals surface area contributed by atoms with Crippen LogP contribution >= 0.6 is 11.8 Å². The lowest BCUT2D eigenvalue weighted by Crippen LogP contribution is -2.66. The van der Waals surface area contributed by atoms with Gasteiger partial charge in [-0.15, -0.1) is 11.8 Å². The van der Waals surface area contributed by atoms with Crippen LogP contribution in [0, 0.1) is 11.7 Å². The van der Waals surface area contributed by atoms with Crippen molar-refractivity contribution in [2.75, 3.05) is 30.9 Å². The molecule has 21 heteroatoms. The highest BCUT2D eigenvalue weighted by Crippen LogP contribution is 2.48. The third kappa shape index (κ3) is 27.3. The van der Waals surface area contributed by atoms with E-state index in [4.69, 9.17) is 61.0 Å². The highest BCUT2D eigenvalue weighted by Gasteiger charge is 2.55. The summed E-state index contributed by atoms with van der Waals surface area (Å²) in [5.74, 6) is -0.869. The van der Waals surface area contributed by atoms with Crippen LogP contribution in [0.4, 0.5) is 14.9 Å². The van der Waals surface area contributed by atoms with Crippen molar-refractivity contribution in [1.82, 2.24) is 4.90 Å². The summed E-state index contributed by atoms with van der Waals surface area (Å²) < 4.78 is 111. The van der Waals surface area contributed by atoms with Gasteiger partial charge in [-0.05, 0) is 165 Å². The third-order valence-electron chi connectivity index (χ3n) is 26.5. The van der Waals surface area contributed by atoms with Gasteiger partial charge in [0.2, 0.25) is 14.2 Å². The quantitative estimate of drug-likeness (QED) is 0.0282. The average molecular weight is 1870 g/mol.